The van der Waals surface area contributed by atoms with Crippen molar-refractivity contribution in [1.29, 1.82) is 0 Å². The van der Waals surface area contributed by atoms with Gasteiger partial charge in [0.1, 0.15) is 0 Å². The van der Waals surface area contributed by atoms with Crippen LogP contribution < -0.4 is 9.62 Å². The molecule has 2 fully saturated rings. The Bertz CT molecular complexity index is 1110. The first-order chi connectivity index (χ1) is 15.8. The summed E-state index contributed by atoms with van der Waals surface area (Å²) in [6.45, 7) is 4.51. The molecular formula is C25H31N3O4S. The van der Waals surface area contributed by atoms with E-state index in [0.717, 1.165) is 30.2 Å². The number of carbonyl (C=O) groups excluding carboxylic acids is 2. The molecule has 0 bridgehead atoms. The summed E-state index contributed by atoms with van der Waals surface area (Å²) < 4.78 is 25.3. The number of rotatable bonds is 6. The Labute approximate surface area is 195 Å². The molecule has 0 spiro atoms. The summed E-state index contributed by atoms with van der Waals surface area (Å²) in [5.74, 6) is -0.947. The average Bonchev–Trinajstić information content (AvgIpc) is 2.97. The van der Waals surface area contributed by atoms with Crippen LogP contribution >= 0.6 is 0 Å². The molecule has 2 aromatic rings. The maximum absolute atomic E-state index is 13.0. The summed E-state index contributed by atoms with van der Waals surface area (Å²) in [4.78, 5) is 27.6. The van der Waals surface area contributed by atoms with Crippen molar-refractivity contribution < 1.29 is 18.0 Å². The second kappa shape index (κ2) is 10.1. The average molecular weight is 470 g/mol. The molecule has 2 heterocycles. The highest BCUT2D eigenvalue weighted by atomic mass is 32.2. The lowest BCUT2D eigenvalue weighted by molar-refractivity contribution is -0.116. The van der Waals surface area contributed by atoms with Crippen molar-refractivity contribution in [2.75, 3.05) is 29.7 Å². The molecule has 0 saturated carbocycles. The molecule has 1 N–H and O–H groups in total. The molecule has 33 heavy (non-hydrogen) atoms. The standard InChI is InChI=1S/C25H31N3O4S/c1-19-9-11-20(12-10-19)23(27-14-4-2-3-5-15-27)18-26-25(30)21-7-6-8-22(17-21)28-24(29)13-16-33(28,31)32/h6-12,17,23H,2-5,13-16,18H2,1H3,(H,26,30). The molecule has 0 aliphatic carbocycles. The van der Waals surface area contributed by atoms with Crippen LogP contribution in [0.5, 0.6) is 0 Å². The molecule has 2 amide bonds. The molecule has 4 rings (SSSR count). The van der Waals surface area contributed by atoms with E-state index in [1.54, 1.807) is 18.2 Å². The van der Waals surface area contributed by atoms with Crippen LogP contribution in [0.4, 0.5) is 5.69 Å². The fraction of sp³-hybridized carbons (Fsp3) is 0.440. The molecule has 2 aliphatic heterocycles. The summed E-state index contributed by atoms with van der Waals surface area (Å²) in [5.41, 5.74) is 2.92. The quantitative estimate of drug-likeness (QED) is 0.701. The Morgan fingerprint density at radius 2 is 1.73 bits per heavy atom. The predicted octanol–water partition coefficient (Wildman–Crippen LogP) is 3.41. The van der Waals surface area contributed by atoms with Gasteiger partial charge < -0.3 is 5.32 Å². The van der Waals surface area contributed by atoms with E-state index in [4.69, 9.17) is 0 Å². The maximum Gasteiger partial charge on any atom is 0.251 e. The normalized spacial score (nSPS) is 19.8. The van der Waals surface area contributed by atoms with E-state index in [9.17, 15) is 18.0 Å². The van der Waals surface area contributed by atoms with Gasteiger partial charge in [0.25, 0.3) is 5.91 Å². The number of amides is 2. The van der Waals surface area contributed by atoms with Crippen LogP contribution in [0.1, 0.15) is 59.6 Å². The molecule has 2 aromatic carbocycles. The van der Waals surface area contributed by atoms with Gasteiger partial charge in [-0.3, -0.25) is 14.5 Å². The summed E-state index contributed by atoms with van der Waals surface area (Å²) >= 11 is 0. The Kier molecular flexibility index (Phi) is 7.14. The third kappa shape index (κ3) is 5.45. The van der Waals surface area contributed by atoms with E-state index in [2.05, 4.69) is 41.4 Å². The molecule has 0 aromatic heterocycles. The van der Waals surface area contributed by atoms with Crippen molar-refractivity contribution in [3.63, 3.8) is 0 Å². The van der Waals surface area contributed by atoms with Gasteiger partial charge in [-0.05, 0) is 56.6 Å². The van der Waals surface area contributed by atoms with Crippen LogP contribution in [0.25, 0.3) is 0 Å². The van der Waals surface area contributed by atoms with Gasteiger partial charge in [-0.15, -0.1) is 0 Å². The lowest BCUT2D eigenvalue weighted by atomic mass is 10.0. The summed E-state index contributed by atoms with van der Waals surface area (Å²) in [6, 6.07) is 14.8. The van der Waals surface area contributed by atoms with Gasteiger partial charge in [0.2, 0.25) is 15.9 Å². The summed E-state index contributed by atoms with van der Waals surface area (Å²) in [7, 11) is -3.67. The maximum atomic E-state index is 13.0. The van der Waals surface area contributed by atoms with E-state index in [1.807, 2.05) is 0 Å². The molecule has 2 saturated heterocycles. The van der Waals surface area contributed by atoms with Gasteiger partial charge in [-0.1, -0.05) is 48.7 Å². The van der Waals surface area contributed by atoms with E-state index >= 15 is 0 Å². The minimum absolute atomic E-state index is 0.0349. The summed E-state index contributed by atoms with van der Waals surface area (Å²) in [6.07, 6.45) is 4.73. The number of sulfonamides is 1. The Balaban J connectivity index is 1.51. The third-order valence-corrected chi connectivity index (χ3v) is 8.11. The van der Waals surface area contributed by atoms with E-state index < -0.39 is 15.9 Å². The highest BCUT2D eigenvalue weighted by Crippen LogP contribution is 2.27. The predicted molar refractivity (Wildman–Crippen MR) is 129 cm³/mol. The van der Waals surface area contributed by atoms with Gasteiger partial charge in [0.15, 0.2) is 0 Å². The van der Waals surface area contributed by atoms with Gasteiger partial charge in [-0.25, -0.2) is 12.7 Å². The molecule has 8 heteroatoms. The SMILES string of the molecule is Cc1ccc(C(CNC(=O)c2cccc(N3C(=O)CCS3(=O)=O)c2)N2CCCCCC2)cc1. The van der Waals surface area contributed by atoms with Crippen molar-refractivity contribution in [1.82, 2.24) is 10.2 Å². The van der Waals surface area contributed by atoms with Gasteiger partial charge in [-0.2, -0.15) is 0 Å². The van der Waals surface area contributed by atoms with Crippen LogP contribution in [0.15, 0.2) is 48.5 Å². The zero-order valence-electron chi connectivity index (χ0n) is 19.0. The molecule has 7 nitrogen and oxygen atoms in total. The second-order valence-corrected chi connectivity index (χ2v) is 10.8. The monoisotopic (exact) mass is 469 g/mol. The number of aryl methyl sites for hydroxylation is 1. The molecule has 1 atom stereocenters. The molecule has 0 radical (unpaired) electrons. The molecule has 2 aliphatic rings. The van der Waals surface area contributed by atoms with E-state index in [-0.39, 0.29) is 29.8 Å². The van der Waals surface area contributed by atoms with E-state index in [0.29, 0.717) is 12.1 Å². The molecular weight excluding hydrogens is 438 g/mol. The van der Waals surface area contributed by atoms with Crippen LogP contribution in [0.3, 0.4) is 0 Å². The first-order valence-corrected chi connectivity index (χ1v) is 13.2. The minimum atomic E-state index is -3.67. The number of hydrogen-bond donors (Lipinski definition) is 1. The van der Waals surface area contributed by atoms with Crippen molar-refractivity contribution in [2.24, 2.45) is 0 Å². The topological polar surface area (TPSA) is 86.8 Å². The highest BCUT2D eigenvalue weighted by Gasteiger charge is 2.36. The van der Waals surface area contributed by atoms with Crippen molar-refractivity contribution in [3.05, 3.63) is 65.2 Å². The fourth-order valence-corrected chi connectivity index (χ4v) is 6.04. The lowest BCUT2D eigenvalue weighted by Crippen LogP contribution is -2.38. The summed E-state index contributed by atoms with van der Waals surface area (Å²) in [5, 5.41) is 3.05. The Morgan fingerprint density at radius 3 is 2.36 bits per heavy atom. The van der Waals surface area contributed by atoms with E-state index in [1.165, 1.54) is 30.0 Å². The first-order valence-electron chi connectivity index (χ1n) is 11.6. The smallest absolute Gasteiger partial charge is 0.251 e. The third-order valence-electron chi connectivity index (χ3n) is 6.42. The zero-order chi connectivity index (χ0) is 23.4. The first kappa shape index (κ1) is 23.4. The van der Waals surface area contributed by atoms with Gasteiger partial charge in [0, 0.05) is 18.5 Å². The van der Waals surface area contributed by atoms with Crippen LogP contribution in [-0.2, 0) is 14.8 Å². The Hall–Kier alpha value is -2.71. The van der Waals surface area contributed by atoms with Gasteiger partial charge >= 0.3 is 0 Å². The van der Waals surface area contributed by atoms with Crippen LogP contribution in [0, 0.1) is 6.92 Å². The second-order valence-electron chi connectivity index (χ2n) is 8.86. The van der Waals surface area contributed by atoms with Crippen molar-refractivity contribution in [2.45, 2.75) is 45.1 Å². The number of hydrogen-bond acceptors (Lipinski definition) is 5. The number of carbonyl (C=O) groups is 2. The van der Waals surface area contributed by atoms with Crippen molar-refractivity contribution in [3.8, 4) is 0 Å². The van der Waals surface area contributed by atoms with Crippen LogP contribution in [0.2, 0.25) is 0 Å². The number of anilines is 1. The van der Waals surface area contributed by atoms with Crippen LogP contribution in [-0.4, -0.2) is 50.5 Å². The Morgan fingerprint density at radius 1 is 1.03 bits per heavy atom. The largest absolute Gasteiger partial charge is 0.350 e. The zero-order valence-corrected chi connectivity index (χ0v) is 19.8. The fourth-order valence-electron chi connectivity index (χ4n) is 4.59. The minimum Gasteiger partial charge on any atom is -0.350 e. The lowest BCUT2D eigenvalue weighted by Gasteiger charge is -2.31. The molecule has 1 unspecified atom stereocenters. The molecule has 176 valence electrons. The highest BCUT2D eigenvalue weighted by molar-refractivity contribution is 7.94. The number of likely N-dealkylation sites (tertiary alicyclic amines) is 1. The van der Waals surface area contributed by atoms with Crippen molar-refractivity contribution >= 4 is 27.5 Å². The number of benzene rings is 2. The van der Waals surface area contributed by atoms with Gasteiger partial charge in [0.05, 0.1) is 17.5 Å². The number of nitrogens with one attached hydrogen (secondary N) is 1. The number of nitrogens with zero attached hydrogens (tertiary/aromatic N) is 2.